The summed E-state index contributed by atoms with van der Waals surface area (Å²) in [6, 6.07) is 6.13. The Balaban J connectivity index is 1.61. The fourth-order valence-electron chi connectivity index (χ4n) is 2.66. The lowest BCUT2D eigenvalue weighted by Gasteiger charge is -2.28. The summed E-state index contributed by atoms with van der Waals surface area (Å²) in [5.41, 5.74) is 0.722. The number of hydrogen-bond acceptors (Lipinski definition) is 6. The Hall–Kier alpha value is -1.55. The molecule has 0 aliphatic carbocycles. The van der Waals surface area contributed by atoms with Crippen molar-refractivity contribution in [1.82, 2.24) is 9.80 Å². The van der Waals surface area contributed by atoms with Gasteiger partial charge in [-0.2, -0.15) is 8.78 Å². The average molecular weight is 400 g/mol. The quantitative estimate of drug-likeness (QED) is 0.540. The van der Waals surface area contributed by atoms with Crippen LogP contribution in [0.15, 0.2) is 29.2 Å². The van der Waals surface area contributed by atoms with Crippen LogP contribution in [0, 0.1) is 0 Å². The van der Waals surface area contributed by atoms with Gasteiger partial charge in [0, 0.05) is 26.2 Å². The van der Waals surface area contributed by atoms with Gasteiger partial charge in [-0.15, -0.1) is 0 Å². The van der Waals surface area contributed by atoms with Crippen molar-refractivity contribution in [3.63, 3.8) is 0 Å². The standard InChI is InChI=1S/C17H18F2N2O3S2/c18-16(19)24-13-3-1-12(2-4-13)11-14-15(22)21(17(25)26-14)6-5-20-7-9-23-10-8-20/h1-4,11,16H,5-10H2/b14-11+. The molecule has 140 valence electrons. The molecule has 1 amide bonds. The molecule has 0 aromatic heterocycles. The van der Waals surface area contributed by atoms with E-state index in [0.29, 0.717) is 29.0 Å². The summed E-state index contributed by atoms with van der Waals surface area (Å²) < 4.78 is 34.5. The zero-order valence-corrected chi connectivity index (χ0v) is 15.5. The van der Waals surface area contributed by atoms with Gasteiger partial charge in [0.05, 0.1) is 18.1 Å². The molecule has 0 saturated carbocycles. The van der Waals surface area contributed by atoms with Crippen LogP contribution in [-0.4, -0.2) is 66.0 Å². The number of alkyl halides is 2. The maximum absolute atomic E-state index is 12.6. The highest BCUT2D eigenvalue weighted by Gasteiger charge is 2.32. The van der Waals surface area contributed by atoms with Crippen LogP contribution in [0.4, 0.5) is 8.78 Å². The summed E-state index contributed by atoms with van der Waals surface area (Å²) in [6.07, 6.45) is 1.71. The molecule has 2 aliphatic rings. The third-order valence-corrected chi connectivity index (χ3v) is 5.40. The summed E-state index contributed by atoms with van der Waals surface area (Å²) in [5, 5.41) is 0. The molecule has 0 unspecified atom stereocenters. The molecule has 3 rings (SSSR count). The van der Waals surface area contributed by atoms with Gasteiger partial charge in [0.1, 0.15) is 10.1 Å². The SMILES string of the molecule is O=C1/C(=C\c2ccc(OC(F)F)cc2)SC(=S)N1CCN1CCOCC1. The Bertz CT molecular complexity index is 692. The summed E-state index contributed by atoms with van der Waals surface area (Å²) in [4.78, 5) is 17.0. The lowest BCUT2D eigenvalue weighted by atomic mass is 10.2. The highest BCUT2D eigenvalue weighted by molar-refractivity contribution is 8.26. The summed E-state index contributed by atoms with van der Waals surface area (Å²) >= 11 is 6.58. The van der Waals surface area contributed by atoms with E-state index in [4.69, 9.17) is 17.0 Å². The number of carbonyl (C=O) groups is 1. The lowest BCUT2D eigenvalue weighted by molar-refractivity contribution is -0.122. The monoisotopic (exact) mass is 400 g/mol. The smallest absolute Gasteiger partial charge is 0.387 e. The van der Waals surface area contributed by atoms with Crippen molar-refractivity contribution in [3.8, 4) is 5.75 Å². The Labute approximate surface area is 159 Å². The first kappa shape index (κ1) is 19.2. The number of thioether (sulfide) groups is 1. The van der Waals surface area contributed by atoms with E-state index in [9.17, 15) is 13.6 Å². The highest BCUT2D eigenvalue weighted by atomic mass is 32.2. The minimum absolute atomic E-state index is 0.0789. The molecular formula is C17H18F2N2O3S2. The van der Waals surface area contributed by atoms with E-state index >= 15 is 0 Å². The van der Waals surface area contributed by atoms with Gasteiger partial charge in [-0.05, 0) is 23.8 Å². The molecule has 0 bridgehead atoms. The van der Waals surface area contributed by atoms with E-state index in [2.05, 4.69) is 9.64 Å². The van der Waals surface area contributed by atoms with Crippen LogP contribution in [-0.2, 0) is 9.53 Å². The fraction of sp³-hybridized carbons (Fsp3) is 0.412. The number of hydrogen-bond donors (Lipinski definition) is 0. The minimum atomic E-state index is -2.86. The molecule has 2 aliphatic heterocycles. The van der Waals surface area contributed by atoms with Crippen molar-refractivity contribution in [2.45, 2.75) is 6.61 Å². The molecule has 0 N–H and O–H groups in total. The molecule has 9 heteroatoms. The van der Waals surface area contributed by atoms with E-state index < -0.39 is 6.61 Å². The minimum Gasteiger partial charge on any atom is -0.435 e. The zero-order chi connectivity index (χ0) is 18.5. The number of thiocarbonyl (C=S) groups is 1. The van der Waals surface area contributed by atoms with Gasteiger partial charge in [-0.3, -0.25) is 14.6 Å². The first-order valence-corrected chi connectivity index (χ1v) is 9.36. The van der Waals surface area contributed by atoms with Gasteiger partial charge in [-0.1, -0.05) is 36.1 Å². The molecular weight excluding hydrogens is 382 g/mol. The second-order valence-electron chi connectivity index (χ2n) is 5.73. The largest absolute Gasteiger partial charge is 0.435 e. The number of rotatable bonds is 6. The number of benzene rings is 1. The predicted octanol–water partition coefficient (Wildman–Crippen LogP) is 2.82. The maximum atomic E-state index is 12.6. The molecule has 2 heterocycles. The fourth-order valence-corrected chi connectivity index (χ4v) is 3.96. The number of nitrogens with zero attached hydrogens (tertiary/aromatic N) is 2. The van der Waals surface area contributed by atoms with Crippen LogP contribution in [0.1, 0.15) is 5.56 Å². The molecule has 26 heavy (non-hydrogen) atoms. The van der Waals surface area contributed by atoms with E-state index in [-0.39, 0.29) is 11.7 Å². The Morgan fingerprint density at radius 2 is 1.92 bits per heavy atom. The van der Waals surface area contributed by atoms with Crippen LogP contribution in [0.2, 0.25) is 0 Å². The van der Waals surface area contributed by atoms with Crippen molar-refractivity contribution in [2.24, 2.45) is 0 Å². The number of morpholine rings is 1. The Kier molecular flexibility index (Phi) is 6.58. The lowest BCUT2D eigenvalue weighted by Crippen LogP contribution is -2.42. The van der Waals surface area contributed by atoms with E-state index in [0.717, 1.165) is 25.2 Å². The van der Waals surface area contributed by atoms with Crippen molar-refractivity contribution in [3.05, 3.63) is 34.7 Å². The first-order valence-electron chi connectivity index (χ1n) is 8.13. The number of carbonyl (C=O) groups excluding carboxylic acids is 1. The third-order valence-electron chi connectivity index (χ3n) is 4.02. The van der Waals surface area contributed by atoms with Crippen molar-refractivity contribution in [1.29, 1.82) is 0 Å². The van der Waals surface area contributed by atoms with Crippen molar-refractivity contribution >= 4 is 40.3 Å². The van der Waals surface area contributed by atoms with Crippen molar-refractivity contribution < 1.29 is 23.0 Å². The summed E-state index contributed by atoms with van der Waals surface area (Å²) in [5.74, 6) is -0.0450. The van der Waals surface area contributed by atoms with Gasteiger partial charge in [-0.25, -0.2) is 0 Å². The first-order chi connectivity index (χ1) is 12.5. The third kappa shape index (κ3) is 5.00. The normalized spacial score (nSPS) is 20.4. The Morgan fingerprint density at radius 3 is 2.58 bits per heavy atom. The predicted molar refractivity (Wildman–Crippen MR) is 100 cm³/mol. The summed E-state index contributed by atoms with van der Waals surface area (Å²) in [6.45, 7) is 1.58. The van der Waals surface area contributed by atoms with Crippen LogP contribution in [0.3, 0.4) is 0 Å². The molecule has 0 radical (unpaired) electrons. The summed E-state index contributed by atoms with van der Waals surface area (Å²) in [7, 11) is 0. The van der Waals surface area contributed by atoms with Gasteiger partial charge in [0.15, 0.2) is 0 Å². The Morgan fingerprint density at radius 1 is 1.23 bits per heavy atom. The molecule has 1 aromatic rings. The van der Waals surface area contributed by atoms with E-state index in [1.54, 1.807) is 23.1 Å². The van der Waals surface area contributed by atoms with Crippen LogP contribution >= 0.6 is 24.0 Å². The van der Waals surface area contributed by atoms with Gasteiger partial charge in [0.25, 0.3) is 5.91 Å². The van der Waals surface area contributed by atoms with Gasteiger partial charge >= 0.3 is 6.61 Å². The molecule has 2 fully saturated rings. The molecule has 0 atom stereocenters. The average Bonchev–Trinajstić information content (AvgIpc) is 2.89. The van der Waals surface area contributed by atoms with Gasteiger partial charge in [0.2, 0.25) is 0 Å². The van der Waals surface area contributed by atoms with Gasteiger partial charge < -0.3 is 9.47 Å². The number of ether oxygens (including phenoxy) is 2. The maximum Gasteiger partial charge on any atom is 0.387 e. The van der Waals surface area contributed by atoms with Crippen LogP contribution < -0.4 is 4.74 Å². The topological polar surface area (TPSA) is 42.0 Å². The molecule has 1 aromatic carbocycles. The number of amides is 1. The second kappa shape index (κ2) is 8.90. The van der Waals surface area contributed by atoms with Crippen LogP contribution in [0.25, 0.3) is 6.08 Å². The molecule has 0 spiro atoms. The molecule has 5 nitrogen and oxygen atoms in total. The highest BCUT2D eigenvalue weighted by Crippen LogP contribution is 2.32. The van der Waals surface area contributed by atoms with E-state index in [1.165, 1.54) is 23.9 Å². The number of halogens is 2. The van der Waals surface area contributed by atoms with Crippen LogP contribution in [0.5, 0.6) is 5.75 Å². The van der Waals surface area contributed by atoms with Crippen molar-refractivity contribution in [2.75, 3.05) is 39.4 Å². The van der Waals surface area contributed by atoms with E-state index in [1.807, 2.05) is 0 Å². The zero-order valence-electron chi connectivity index (χ0n) is 13.9. The second-order valence-corrected chi connectivity index (χ2v) is 7.41. The molecule has 2 saturated heterocycles.